The Morgan fingerprint density at radius 2 is 2.00 bits per heavy atom. The molecule has 1 N–H and O–H groups in total. The Labute approximate surface area is 105 Å². The maximum atomic E-state index is 5.76. The Hall–Kier alpha value is -1.06. The van der Waals surface area contributed by atoms with Gasteiger partial charge in [-0.05, 0) is 52.2 Å². The molecule has 0 amide bonds. The summed E-state index contributed by atoms with van der Waals surface area (Å²) in [5, 5.41) is 3.15. The van der Waals surface area contributed by atoms with Gasteiger partial charge in [0.15, 0.2) is 0 Å². The lowest BCUT2D eigenvalue weighted by molar-refractivity contribution is 0.235. The minimum atomic E-state index is 0.751. The Morgan fingerprint density at radius 1 is 1.24 bits per heavy atom. The number of rotatable bonds is 8. The van der Waals surface area contributed by atoms with Gasteiger partial charge in [-0.2, -0.15) is 0 Å². The quantitative estimate of drug-likeness (QED) is 0.698. The predicted octanol–water partition coefficient (Wildman–Crippen LogP) is 1.92. The highest BCUT2D eigenvalue weighted by Gasteiger charge is 2.00. The van der Waals surface area contributed by atoms with E-state index >= 15 is 0 Å². The summed E-state index contributed by atoms with van der Waals surface area (Å²) in [6.45, 7) is 5.98. The van der Waals surface area contributed by atoms with Crippen LogP contribution >= 0.6 is 0 Å². The van der Waals surface area contributed by atoms with E-state index in [1.165, 1.54) is 12.0 Å². The van der Waals surface area contributed by atoms with Gasteiger partial charge in [0, 0.05) is 6.54 Å². The van der Waals surface area contributed by atoms with Crippen LogP contribution in [0.2, 0.25) is 0 Å². The number of likely N-dealkylation sites (N-methyl/N-ethyl adjacent to an activating group) is 1. The summed E-state index contributed by atoms with van der Waals surface area (Å²) in [5.74, 6) is 0.996. The van der Waals surface area contributed by atoms with Crippen molar-refractivity contribution >= 4 is 0 Å². The minimum Gasteiger partial charge on any atom is -0.492 e. The number of para-hydroxylation sites is 1. The van der Waals surface area contributed by atoms with Crippen LogP contribution in [0.5, 0.6) is 5.75 Å². The molecule has 0 saturated carbocycles. The molecule has 1 aromatic rings. The summed E-state index contributed by atoms with van der Waals surface area (Å²) in [7, 11) is 4.12. The molecule has 0 fully saturated rings. The van der Waals surface area contributed by atoms with Crippen molar-refractivity contribution in [1.29, 1.82) is 0 Å². The van der Waals surface area contributed by atoms with Gasteiger partial charge in [0.2, 0.25) is 0 Å². The predicted molar refractivity (Wildman–Crippen MR) is 72.7 cm³/mol. The molecule has 0 bridgehead atoms. The van der Waals surface area contributed by atoms with Crippen molar-refractivity contribution < 1.29 is 4.74 Å². The monoisotopic (exact) mass is 236 g/mol. The van der Waals surface area contributed by atoms with Crippen molar-refractivity contribution in [3.8, 4) is 5.75 Å². The molecule has 0 spiro atoms. The number of nitrogens with one attached hydrogen (secondary N) is 1. The molecule has 96 valence electrons. The molecule has 0 aliphatic rings. The first-order valence-corrected chi connectivity index (χ1v) is 6.25. The average Bonchev–Trinajstić information content (AvgIpc) is 2.32. The first-order valence-electron chi connectivity index (χ1n) is 6.25. The van der Waals surface area contributed by atoms with Crippen molar-refractivity contribution in [1.82, 2.24) is 10.2 Å². The van der Waals surface area contributed by atoms with Gasteiger partial charge in [-0.1, -0.05) is 18.2 Å². The lowest BCUT2D eigenvalue weighted by Crippen LogP contribution is -2.27. The van der Waals surface area contributed by atoms with Gasteiger partial charge >= 0.3 is 0 Å². The van der Waals surface area contributed by atoms with E-state index in [-0.39, 0.29) is 0 Å². The smallest absolute Gasteiger partial charge is 0.122 e. The third-order valence-corrected chi connectivity index (χ3v) is 2.79. The lowest BCUT2D eigenvalue weighted by Gasteiger charge is -2.17. The van der Waals surface area contributed by atoms with Crippen LogP contribution in [-0.2, 0) is 0 Å². The fourth-order valence-electron chi connectivity index (χ4n) is 1.67. The zero-order valence-electron chi connectivity index (χ0n) is 11.2. The number of hydrogen-bond acceptors (Lipinski definition) is 3. The fraction of sp³-hybridized carbons (Fsp3) is 0.571. The van der Waals surface area contributed by atoms with Crippen LogP contribution in [0, 0.1) is 6.92 Å². The van der Waals surface area contributed by atoms with Gasteiger partial charge in [-0.3, -0.25) is 0 Å². The molecule has 0 radical (unpaired) electrons. The maximum absolute atomic E-state index is 5.76. The SMILES string of the molecule is CNCCCN(C)CCOc1ccccc1C. The van der Waals surface area contributed by atoms with E-state index < -0.39 is 0 Å². The van der Waals surface area contributed by atoms with Crippen LogP contribution in [0.15, 0.2) is 24.3 Å². The number of nitrogens with zero attached hydrogens (tertiary/aromatic N) is 1. The van der Waals surface area contributed by atoms with Crippen molar-refractivity contribution in [2.45, 2.75) is 13.3 Å². The summed E-state index contributed by atoms with van der Waals surface area (Å²) in [4.78, 5) is 2.30. The van der Waals surface area contributed by atoms with Crippen molar-refractivity contribution in [3.63, 3.8) is 0 Å². The lowest BCUT2D eigenvalue weighted by atomic mass is 10.2. The highest BCUT2D eigenvalue weighted by Crippen LogP contribution is 2.15. The molecular formula is C14H24N2O. The van der Waals surface area contributed by atoms with E-state index in [0.717, 1.165) is 32.0 Å². The third-order valence-electron chi connectivity index (χ3n) is 2.79. The van der Waals surface area contributed by atoms with Gasteiger partial charge in [-0.15, -0.1) is 0 Å². The zero-order chi connectivity index (χ0) is 12.5. The molecule has 3 nitrogen and oxygen atoms in total. The summed E-state index contributed by atoms with van der Waals surface area (Å²) in [6, 6.07) is 8.15. The van der Waals surface area contributed by atoms with E-state index in [9.17, 15) is 0 Å². The minimum absolute atomic E-state index is 0.751. The molecular weight excluding hydrogens is 212 g/mol. The molecule has 0 heterocycles. The molecule has 0 aliphatic carbocycles. The van der Waals surface area contributed by atoms with E-state index in [0.29, 0.717) is 0 Å². The molecule has 17 heavy (non-hydrogen) atoms. The standard InChI is InChI=1S/C14H24N2O/c1-13-7-4-5-8-14(13)17-12-11-16(3)10-6-9-15-2/h4-5,7-8,15H,6,9-12H2,1-3H3. The van der Waals surface area contributed by atoms with Crippen LogP contribution in [0.1, 0.15) is 12.0 Å². The zero-order valence-corrected chi connectivity index (χ0v) is 11.2. The second-order valence-electron chi connectivity index (χ2n) is 4.37. The highest BCUT2D eigenvalue weighted by molar-refractivity contribution is 5.31. The van der Waals surface area contributed by atoms with Crippen molar-refractivity contribution in [2.75, 3.05) is 40.3 Å². The van der Waals surface area contributed by atoms with Gasteiger partial charge in [0.25, 0.3) is 0 Å². The fourth-order valence-corrected chi connectivity index (χ4v) is 1.67. The average molecular weight is 236 g/mol. The van der Waals surface area contributed by atoms with E-state index in [1.807, 2.05) is 25.2 Å². The van der Waals surface area contributed by atoms with Crippen LogP contribution in [0.3, 0.4) is 0 Å². The van der Waals surface area contributed by atoms with Gasteiger partial charge in [0.05, 0.1) is 0 Å². The second-order valence-corrected chi connectivity index (χ2v) is 4.37. The number of aryl methyl sites for hydroxylation is 1. The largest absolute Gasteiger partial charge is 0.492 e. The van der Waals surface area contributed by atoms with Gasteiger partial charge < -0.3 is 15.0 Å². The first kappa shape index (κ1) is 14.0. The van der Waals surface area contributed by atoms with Gasteiger partial charge in [-0.25, -0.2) is 0 Å². The molecule has 0 aromatic heterocycles. The van der Waals surface area contributed by atoms with Crippen LogP contribution < -0.4 is 10.1 Å². The molecule has 0 atom stereocenters. The van der Waals surface area contributed by atoms with Crippen LogP contribution in [-0.4, -0.2) is 45.2 Å². The van der Waals surface area contributed by atoms with E-state index in [2.05, 4.69) is 30.3 Å². The third kappa shape index (κ3) is 5.71. The molecule has 3 heteroatoms. The van der Waals surface area contributed by atoms with Crippen molar-refractivity contribution in [3.05, 3.63) is 29.8 Å². The summed E-state index contributed by atoms with van der Waals surface area (Å²) >= 11 is 0. The number of ether oxygens (including phenoxy) is 1. The Kier molecular flexibility index (Phi) is 6.67. The van der Waals surface area contributed by atoms with E-state index in [1.54, 1.807) is 0 Å². The Balaban J connectivity index is 2.17. The second kappa shape index (κ2) is 8.09. The first-order chi connectivity index (χ1) is 8.24. The molecule has 0 unspecified atom stereocenters. The normalized spacial score (nSPS) is 10.8. The van der Waals surface area contributed by atoms with E-state index in [4.69, 9.17) is 4.74 Å². The number of benzene rings is 1. The van der Waals surface area contributed by atoms with Gasteiger partial charge in [0.1, 0.15) is 12.4 Å². The molecule has 0 saturated heterocycles. The molecule has 1 rings (SSSR count). The number of hydrogen-bond donors (Lipinski definition) is 1. The molecule has 1 aromatic carbocycles. The summed E-state index contributed by atoms with van der Waals surface area (Å²) in [5.41, 5.74) is 1.20. The van der Waals surface area contributed by atoms with Crippen LogP contribution in [0.25, 0.3) is 0 Å². The van der Waals surface area contributed by atoms with Crippen LogP contribution in [0.4, 0.5) is 0 Å². The summed E-state index contributed by atoms with van der Waals surface area (Å²) < 4.78 is 5.76. The topological polar surface area (TPSA) is 24.5 Å². The Bertz CT molecular complexity index is 315. The molecule has 0 aliphatic heterocycles. The van der Waals surface area contributed by atoms with Crippen molar-refractivity contribution in [2.24, 2.45) is 0 Å². The summed E-state index contributed by atoms with van der Waals surface area (Å²) in [6.07, 6.45) is 1.18. The highest BCUT2D eigenvalue weighted by atomic mass is 16.5. The Morgan fingerprint density at radius 3 is 2.71 bits per heavy atom. The maximum Gasteiger partial charge on any atom is 0.122 e.